The number of aromatic nitrogens is 1. The number of nitrogens with zero attached hydrogens (tertiary/aromatic N) is 1. The van der Waals surface area contributed by atoms with Gasteiger partial charge in [-0.1, -0.05) is 42.0 Å². The first-order valence-corrected chi connectivity index (χ1v) is 9.91. The van der Waals surface area contributed by atoms with Crippen molar-refractivity contribution in [1.82, 2.24) is 15.8 Å². The number of carbonyl (C=O) groups excluding carboxylic acids is 3. The lowest BCUT2D eigenvalue weighted by Gasteiger charge is -2.10. The fourth-order valence-electron chi connectivity index (χ4n) is 3.60. The Kier molecular flexibility index (Phi) is 6.57. The van der Waals surface area contributed by atoms with E-state index < -0.39 is 5.91 Å². The van der Waals surface area contributed by atoms with Crippen LogP contribution in [0, 0.1) is 20.8 Å². The van der Waals surface area contributed by atoms with E-state index >= 15 is 0 Å². The number of rotatable bonds is 6. The van der Waals surface area contributed by atoms with Crippen molar-refractivity contribution in [3.63, 3.8) is 0 Å². The molecule has 3 aromatic rings. The SMILES string of the molecule is Cc1cc(C)c(C(=O)CCCC(=O)NNC(=O)c2ccc3ccccc3n2)c(C)c1. The zero-order valence-corrected chi connectivity index (χ0v) is 17.4. The van der Waals surface area contributed by atoms with Crippen LogP contribution in [0.5, 0.6) is 0 Å². The molecule has 0 atom stereocenters. The quantitative estimate of drug-likeness (QED) is 0.481. The number of pyridine rings is 1. The molecule has 1 aromatic heterocycles. The highest BCUT2D eigenvalue weighted by Gasteiger charge is 2.14. The molecule has 0 saturated carbocycles. The number of nitrogens with one attached hydrogen (secondary N) is 2. The summed E-state index contributed by atoms with van der Waals surface area (Å²) in [5, 5.41) is 0.932. The summed E-state index contributed by atoms with van der Waals surface area (Å²) in [6.07, 6.45) is 0.820. The fourth-order valence-corrected chi connectivity index (χ4v) is 3.60. The number of fused-ring (bicyclic) bond motifs is 1. The van der Waals surface area contributed by atoms with Gasteiger partial charge >= 0.3 is 0 Å². The van der Waals surface area contributed by atoms with E-state index in [-0.39, 0.29) is 30.2 Å². The Morgan fingerprint density at radius 3 is 2.30 bits per heavy atom. The zero-order chi connectivity index (χ0) is 21.7. The third-order valence-electron chi connectivity index (χ3n) is 4.91. The van der Waals surface area contributed by atoms with Gasteiger partial charge < -0.3 is 0 Å². The molecule has 0 aliphatic rings. The number of ketones is 1. The predicted octanol–water partition coefficient (Wildman–Crippen LogP) is 3.97. The second-order valence-corrected chi connectivity index (χ2v) is 7.44. The summed E-state index contributed by atoms with van der Waals surface area (Å²) < 4.78 is 0. The molecular weight excluding hydrogens is 378 g/mol. The summed E-state index contributed by atoms with van der Waals surface area (Å²) in [7, 11) is 0. The maximum atomic E-state index is 12.5. The first kappa shape index (κ1) is 21.2. The van der Waals surface area contributed by atoms with Gasteiger partial charge in [-0.25, -0.2) is 4.98 Å². The van der Waals surface area contributed by atoms with Crippen LogP contribution in [0.2, 0.25) is 0 Å². The van der Waals surface area contributed by atoms with Crippen molar-refractivity contribution in [2.45, 2.75) is 40.0 Å². The van der Waals surface area contributed by atoms with Crippen LogP contribution < -0.4 is 10.9 Å². The Labute approximate surface area is 175 Å². The monoisotopic (exact) mass is 403 g/mol. The van der Waals surface area contributed by atoms with Crippen molar-refractivity contribution < 1.29 is 14.4 Å². The van der Waals surface area contributed by atoms with E-state index in [1.54, 1.807) is 12.1 Å². The smallest absolute Gasteiger partial charge is 0.288 e. The highest BCUT2D eigenvalue weighted by atomic mass is 16.2. The standard InChI is InChI=1S/C24H25N3O3/c1-15-13-16(2)23(17(3)14-15)21(28)9-6-10-22(29)26-27-24(30)20-12-11-18-7-4-5-8-19(18)25-20/h4-5,7-8,11-14H,6,9-10H2,1-3H3,(H,26,29)(H,27,30). The van der Waals surface area contributed by atoms with Gasteiger partial charge in [-0.2, -0.15) is 0 Å². The van der Waals surface area contributed by atoms with Gasteiger partial charge in [0, 0.05) is 23.8 Å². The first-order chi connectivity index (χ1) is 14.3. The predicted molar refractivity (Wildman–Crippen MR) is 116 cm³/mol. The average Bonchev–Trinajstić information content (AvgIpc) is 2.71. The Morgan fingerprint density at radius 2 is 1.57 bits per heavy atom. The van der Waals surface area contributed by atoms with E-state index in [1.807, 2.05) is 57.2 Å². The lowest BCUT2D eigenvalue weighted by Crippen LogP contribution is -2.41. The van der Waals surface area contributed by atoms with Crippen molar-refractivity contribution in [3.8, 4) is 0 Å². The van der Waals surface area contributed by atoms with Gasteiger partial charge in [-0.05, 0) is 50.5 Å². The van der Waals surface area contributed by atoms with E-state index in [0.29, 0.717) is 11.9 Å². The molecule has 0 radical (unpaired) electrons. The van der Waals surface area contributed by atoms with Gasteiger partial charge in [-0.15, -0.1) is 0 Å². The highest BCUT2D eigenvalue weighted by molar-refractivity contribution is 5.99. The summed E-state index contributed by atoms with van der Waals surface area (Å²) >= 11 is 0. The second kappa shape index (κ2) is 9.31. The summed E-state index contributed by atoms with van der Waals surface area (Å²) in [5.74, 6) is -0.812. The average molecular weight is 403 g/mol. The summed E-state index contributed by atoms with van der Waals surface area (Å²) in [5.41, 5.74) is 9.44. The van der Waals surface area contributed by atoms with Gasteiger partial charge in [0.25, 0.3) is 5.91 Å². The van der Waals surface area contributed by atoms with Crippen LogP contribution in [0.3, 0.4) is 0 Å². The van der Waals surface area contributed by atoms with E-state index in [0.717, 1.165) is 27.6 Å². The van der Waals surface area contributed by atoms with Crippen LogP contribution >= 0.6 is 0 Å². The number of Topliss-reactive ketones (excluding diaryl/α,β-unsaturated/α-hetero) is 1. The summed E-state index contributed by atoms with van der Waals surface area (Å²) in [6.45, 7) is 5.85. The largest absolute Gasteiger partial charge is 0.294 e. The lowest BCUT2D eigenvalue weighted by atomic mass is 9.94. The van der Waals surface area contributed by atoms with Gasteiger partial charge in [0.15, 0.2) is 5.78 Å². The maximum Gasteiger partial charge on any atom is 0.288 e. The number of hydrogen-bond acceptors (Lipinski definition) is 4. The molecule has 0 aliphatic heterocycles. The zero-order valence-electron chi connectivity index (χ0n) is 17.4. The Balaban J connectivity index is 1.47. The first-order valence-electron chi connectivity index (χ1n) is 9.91. The van der Waals surface area contributed by atoms with Crippen LogP contribution in [0.15, 0.2) is 48.5 Å². The molecule has 0 aliphatic carbocycles. The molecule has 2 amide bonds. The van der Waals surface area contributed by atoms with Gasteiger partial charge in [0.2, 0.25) is 5.91 Å². The molecular formula is C24H25N3O3. The van der Waals surface area contributed by atoms with Crippen molar-refractivity contribution in [2.75, 3.05) is 0 Å². The van der Waals surface area contributed by atoms with Crippen molar-refractivity contribution >= 4 is 28.5 Å². The van der Waals surface area contributed by atoms with E-state index in [1.165, 1.54) is 0 Å². The molecule has 0 bridgehead atoms. The molecule has 154 valence electrons. The Morgan fingerprint density at radius 1 is 0.867 bits per heavy atom. The highest BCUT2D eigenvalue weighted by Crippen LogP contribution is 2.19. The minimum Gasteiger partial charge on any atom is -0.294 e. The molecule has 3 rings (SSSR count). The topological polar surface area (TPSA) is 88.2 Å². The minimum atomic E-state index is -0.490. The molecule has 0 saturated heterocycles. The Hall–Kier alpha value is -3.54. The normalized spacial score (nSPS) is 10.6. The molecule has 0 unspecified atom stereocenters. The van der Waals surface area contributed by atoms with Crippen LogP contribution in [-0.4, -0.2) is 22.6 Å². The Bertz CT molecular complexity index is 1100. The number of para-hydroxylation sites is 1. The van der Waals surface area contributed by atoms with Crippen LogP contribution in [-0.2, 0) is 4.79 Å². The van der Waals surface area contributed by atoms with Crippen LogP contribution in [0.25, 0.3) is 10.9 Å². The molecule has 6 nitrogen and oxygen atoms in total. The van der Waals surface area contributed by atoms with E-state index in [4.69, 9.17) is 0 Å². The second-order valence-electron chi connectivity index (χ2n) is 7.44. The molecule has 1 heterocycles. The fraction of sp³-hybridized carbons (Fsp3) is 0.250. The van der Waals surface area contributed by atoms with Gasteiger partial charge in [0.1, 0.15) is 5.69 Å². The minimum absolute atomic E-state index is 0.0298. The van der Waals surface area contributed by atoms with E-state index in [9.17, 15) is 14.4 Å². The van der Waals surface area contributed by atoms with Crippen molar-refractivity contribution in [3.05, 3.63) is 76.5 Å². The van der Waals surface area contributed by atoms with Gasteiger partial charge in [-0.3, -0.25) is 25.2 Å². The van der Waals surface area contributed by atoms with E-state index in [2.05, 4.69) is 15.8 Å². The van der Waals surface area contributed by atoms with Gasteiger partial charge in [0.05, 0.1) is 5.52 Å². The third-order valence-corrected chi connectivity index (χ3v) is 4.91. The number of carbonyl (C=O) groups is 3. The molecule has 30 heavy (non-hydrogen) atoms. The molecule has 0 fully saturated rings. The summed E-state index contributed by atoms with van der Waals surface area (Å²) in [6, 6.07) is 14.9. The van der Waals surface area contributed by atoms with Crippen LogP contribution in [0.1, 0.15) is 56.8 Å². The molecule has 0 spiro atoms. The van der Waals surface area contributed by atoms with Crippen molar-refractivity contribution in [2.24, 2.45) is 0 Å². The third kappa shape index (κ3) is 5.08. The number of hydrogen-bond donors (Lipinski definition) is 2. The molecule has 6 heteroatoms. The molecule has 2 aromatic carbocycles. The molecule has 2 N–H and O–H groups in total. The van der Waals surface area contributed by atoms with Crippen molar-refractivity contribution in [1.29, 1.82) is 0 Å². The summed E-state index contributed by atoms with van der Waals surface area (Å²) in [4.78, 5) is 41.1. The lowest BCUT2D eigenvalue weighted by molar-refractivity contribution is -0.121. The number of aryl methyl sites for hydroxylation is 3. The number of amides is 2. The van der Waals surface area contributed by atoms with Crippen LogP contribution in [0.4, 0.5) is 0 Å². The number of benzene rings is 2. The number of hydrazine groups is 1. The maximum absolute atomic E-state index is 12.5.